The quantitative estimate of drug-likeness (QED) is 0.536. The summed E-state index contributed by atoms with van der Waals surface area (Å²) >= 11 is 0. The Morgan fingerprint density at radius 2 is 1.76 bits per heavy atom. The van der Waals surface area contributed by atoms with E-state index in [0.29, 0.717) is 72.2 Å². The number of anilines is 2. The first-order valence-corrected chi connectivity index (χ1v) is 12.4. The number of ether oxygens (including phenoxy) is 2. The molecule has 5 rings (SSSR count). The predicted octanol–water partition coefficient (Wildman–Crippen LogP) is 3.89. The normalized spacial score (nSPS) is 17.5. The fourth-order valence-electron chi connectivity index (χ4n) is 5.23. The van der Waals surface area contributed by atoms with E-state index >= 15 is 0 Å². The molecule has 0 bridgehead atoms. The van der Waals surface area contributed by atoms with E-state index in [2.05, 4.69) is 5.10 Å². The highest BCUT2D eigenvalue weighted by molar-refractivity contribution is 5.74. The van der Waals surface area contributed by atoms with Crippen LogP contribution < -0.4 is 24.8 Å². The zero-order chi connectivity index (χ0) is 27.2. The maximum absolute atomic E-state index is 14.2. The van der Waals surface area contributed by atoms with Gasteiger partial charge in [0.2, 0.25) is 0 Å². The van der Waals surface area contributed by atoms with Gasteiger partial charge in [-0.05, 0) is 49.6 Å². The Hall–Kier alpha value is -3.73. The summed E-state index contributed by atoms with van der Waals surface area (Å²) in [6, 6.07) is 8.81. The van der Waals surface area contributed by atoms with Crippen LogP contribution in [-0.4, -0.2) is 61.9 Å². The number of hydrogen-bond donors (Lipinski definition) is 1. The van der Waals surface area contributed by atoms with Crippen molar-refractivity contribution < 1.29 is 27.8 Å². The van der Waals surface area contributed by atoms with Crippen LogP contribution in [0.2, 0.25) is 0 Å². The molecule has 0 aliphatic carbocycles. The molecule has 1 fully saturated rings. The molecule has 0 amide bonds. The highest BCUT2D eigenvalue weighted by atomic mass is 19.4. The number of hydrogen-bond acceptors (Lipinski definition) is 7. The number of aromatic nitrogens is 2. The van der Waals surface area contributed by atoms with Gasteiger partial charge in [0.05, 0.1) is 37.3 Å². The first kappa shape index (κ1) is 25.9. The largest absolute Gasteiger partial charge is 0.497 e. The number of β-amino-alcohol motifs (C(OH)–C–C–N with tert-alkyl or cyclic N) is 1. The van der Waals surface area contributed by atoms with Crippen LogP contribution in [0, 0.1) is 0 Å². The van der Waals surface area contributed by atoms with Gasteiger partial charge in [-0.25, -0.2) is 0 Å². The van der Waals surface area contributed by atoms with Crippen molar-refractivity contribution in [2.45, 2.75) is 31.5 Å². The number of halogens is 3. The molecule has 1 N–H and O–H groups in total. The lowest BCUT2D eigenvalue weighted by atomic mass is 9.97. The Balaban J connectivity index is 1.80. The lowest BCUT2D eigenvalue weighted by molar-refractivity contribution is -0.137. The minimum Gasteiger partial charge on any atom is -0.497 e. The first-order valence-electron chi connectivity index (χ1n) is 12.4. The molecule has 2 aromatic carbocycles. The van der Waals surface area contributed by atoms with Crippen LogP contribution in [0.4, 0.5) is 24.5 Å². The molecule has 11 heteroatoms. The van der Waals surface area contributed by atoms with Crippen LogP contribution in [-0.2, 0) is 12.6 Å². The monoisotopic (exact) mass is 530 g/mol. The summed E-state index contributed by atoms with van der Waals surface area (Å²) in [4.78, 5) is 17.4. The van der Waals surface area contributed by atoms with E-state index in [1.54, 1.807) is 35.0 Å². The number of aliphatic hydroxyl groups excluding tert-OH is 1. The van der Waals surface area contributed by atoms with Crippen molar-refractivity contribution in [1.29, 1.82) is 0 Å². The predicted molar refractivity (Wildman–Crippen MR) is 138 cm³/mol. The Labute approximate surface area is 217 Å². The topological polar surface area (TPSA) is 80.1 Å². The molecule has 0 spiro atoms. The molecule has 0 radical (unpaired) electrons. The number of nitrogens with zero attached hydrogens (tertiary/aromatic N) is 4. The molecule has 0 saturated carbocycles. The average molecular weight is 531 g/mol. The summed E-state index contributed by atoms with van der Waals surface area (Å²) in [5.74, 6) is 0.977. The average Bonchev–Trinajstić information content (AvgIpc) is 3.34. The standard InChI is InChI=1S/C27H29F3N4O4/c1-32-9-4-5-21-24(16-11-19(37-2)14-20(12-16)38-3)31-34(26(36)25(21)32)23-13-17(33-10-8-18(35)15-33)6-7-22(23)27(28,29)30/h6-7,11-14,18,35H,4-5,8-10,15H2,1-3H3/t18-/m0/s1. The summed E-state index contributed by atoms with van der Waals surface area (Å²) in [5, 5.41) is 14.5. The zero-order valence-electron chi connectivity index (χ0n) is 21.4. The van der Waals surface area contributed by atoms with Gasteiger partial charge in [-0.15, -0.1) is 0 Å². The van der Waals surface area contributed by atoms with Crippen molar-refractivity contribution in [1.82, 2.24) is 9.78 Å². The summed E-state index contributed by atoms with van der Waals surface area (Å²) in [7, 11) is 4.77. The van der Waals surface area contributed by atoms with E-state index in [1.807, 2.05) is 0 Å². The SMILES string of the molecule is COc1cc(OC)cc(-c2nn(-c3cc(N4CC[C@H](O)C4)ccc3C(F)(F)F)c(=O)c3c2CCCN3C)c1. The minimum atomic E-state index is -4.72. The Morgan fingerprint density at radius 1 is 1.05 bits per heavy atom. The first-order chi connectivity index (χ1) is 18.1. The lowest BCUT2D eigenvalue weighted by Crippen LogP contribution is -2.36. The number of aliphatic hydroxyl groups is 1. The highest BCUT2D eigenvalue weighted by Gasteiger charge is 2.36. The van der Waals surface area contributed by atoms with Gasteiger partial charge in [-0.1, -0.05) is 0 Å². The second kappa shape index (κ2) is 9.86. The molecule has 1 aromatic heterocycles. The van der Waals surface area contributed by atoms with Crippen LogP contribution in [0.25, 0.3) is 16.9 Å². The molecular formula is C27H29F3N4O4. The zero-order valence-corrected chi connectivity index (χ0v) is 21.4. The molecular weight excluding hydrogens is 501 g/mol. The second-order valence-electron chi connectivity index (χ2n) is 9.61. The van der Waals surface area contributed by atoms with Crippen molar-refractivity contribution in [2.75, 3.05) is 50.7 Å². The minimum absolute atomic E-state index is 0.301. The van der Waals surface area contributed by atoms with Gasteiger partial charge in [0, 0.05) is 49.6 Å². The number of benzene rings is 2. The Bertz CT molecular complexity index is 1400. The summed E-state index contributed by atoms with van der Waals surface area (Å²) in [5.41, 5.74) is 0.467. The molecule has 202 valence electrons. The number of rotatable bonds is 5. The third-order valence-corrected chi connectivity index (χ3v) is 7.14. The third-order valence-electron chi connectivity index (χ3n) is 7.14. The Kier molecular flexibility index (Phi) is 6.72. The summed E-state index contributed by atoms with van der Waals surface area (Å²) in [6.07, 6.45) is -3.45. The molecule has 38 heavy (non-hydrogen) atoms. The maximum atomic E-state index is 14.2. The van der Waals surface area contributed by atoms with Crippen LogP contribution in [0.5, 0.6) is 11.5 Å². The second-order valence-corrected chi connectivity index (χ2v) is 9.61. The van der Waals surface area contributed by atoms with Crippen molar-refractivity contribution in [3.63, 3.8) is 0 Å². The van der Waals surface area contributed by atoms with Crippen molar-refractivity contribution >= 4 is 11.4 Å². The van der Waals surface area contributed by atoms with Crippen molar-refractivity contribution in [2.24, 2.45) is 0 Å². The van der Waals surface area contributed by atoms with Crippen molar-refractivity contribution in [3.05, 3.63) is 57.9 Å². The van der Waals surface area contributed by atoms with Gasteiger partial charge in [0.1, 0.15) is 17.2 Å². The van der Waals surface area contributed by atoms with Crippen LogP contribution >= 0.6 is 0 Å². The molecule has 0 unspecified atom stereocenters. The fourth-order valence-corrected chi connectivity index (χ4v) is 5.23. The molecule has 2 aliphatic heterocycles. The molecule has 3 aromatic rings. The number of methoxy groups -OCH3 is 2. The molecule has 1 atom stereocenters. The third kappa shape index (κ3) is 4.66. The van der Waals surface area contributed by atoms with Crippen molar-refractivity contribution in [3.8, 4) is 28.4 Å². The number of fused-ring (bicyclic) bond motifs is 1. The van der Waals surface area contributed by atoms with Crippen LogP contribution in [0.1, 0.15) is 24.0 Å². The number of alkyl halides is 3. The van der Waals surface area contributed by atoms with Gasteiger partial charge in [0.15, 0.2) is 0 Å². The highest BCUT2D eigenvalue weighted by Crippen LogP contribution is 2.39. The molecule has 2 aliphatic rings. The van der Waals surface area contributed by atoms with E-state index in [1.165, 1.54) is 26.4 Å². The summed E-state index contributed by atoms with van der Waals surface area (Å²) in [6.45, 7) is 1.38. The van der Waals surface area contributed by atoms with E-state index in [0.717, 1.165) is 17.2 Å². The van der Waals surface area contributed by atoms with E-state index < -0.39 is 23.4 Å². The van der Waals surface area contributed by atoms with Crippen LogP contribution in [0.3, 0.4) is 0 Å². The van der Waals surface area contributed by atoms with Gasteiger partial charge in [0.25, 0.3) is 5.56 Å². The van der Waals surface area contributed by atoms with Crippen LogP contribution in [0.15, 0.2) is 41.2 Å². The van der Waals surface area contributed by atoms with E-state index in [4.69, 9.17) is 9.47 Å². The fraction of sp³-hybridized carbons (Fsp3) is 0.407. The molecule has 8 nitrogen and oxygen atoms in total. The van der Waals surface area contributed by atoms with Gasteiger partial charge < -0.3 is 24.4 Å². The van der Waals surface area contributed by atoms with Gasteiger partial charge >= 0.3 is 6.18 Å². The summed E-state index contributed by atoms with van der Waals surface area (Å²) < 4.78 is 54.4. The van der Waals surface area contributed by atoms with Gasteiger partial charge in [-0.3, -0.25) is 4.79 Å². The van der Waals surface area contributed by atoms with E-state index in [-0.39, 0.29) is 5.69 Å². The Morgan fingerprint density at radius 3 is 2.37 bits per heavy atom. The molecule has 1 saturated heterocycles. The van der Waals surface area contributed by atoms with E-state index in [9.17, 15) is 23.1 Å². The molecule has 3 heterocycles. The lowest BCUT2D eigenvalue weighted by Gasteiger charge is -2.29. The maximum Gasteiger partial charge on any atom is 0.418 e. The smallest absolute Gasteiger partial charge is 0.418 e. The van der Waals surface area contributed by atoms with Gasteiger partial charge in [-0.2, -0.15) is 23.0 Å².